The number of hydrogen-bond donors (Lipinski definition) is 2. The number of oxazole rings is 1. The van der Waals surface area contributed by atoms with Crippen LogP contribution in [0.15, 0.2) is 16.9 Å². The molecule has 1 aliphatic heterocycles. The highest BCUT2D eigenvalue weighted by molar-refractivity contribution is 7.87. The van der Waals surface area contributed by atoms with Gasteiger partial charge in [-0.15, -0.1) is 5.10 Å². The molecule has 2 aromatic rings. The van der Waals surface area contributed by atoms with E-state index in [-0.39, 0.29) is 37.2 Å². The Bertz CT molecular complexity index is 936. The predicted molar refractivity (Wildman–Crippen MR) is 91.4 cm³/mol. The van der Waals surface area contributed by atoms with Crippen molar-refractivity contribution in [1.29, 1.82) is 0 Å². The third kappa shape index (κ3) is 4.63. The first-order valence-corrected chi connectivity index (χ1v) is 9.66. The Morgan fingerprint density at radius 2 is 2.11 bits per heavy atom. The Hall–Kier alpha value is -2.58. The molecule has 0 aliphatic carbocycles. The predicted octanol–water partition coefficient (Wildman–Crippen LogP) is 1.02. The van der Waals surface area contributed by atoms with Gasteiger partial charge in [0.05, 0.1) is 6.61 Å². The molecule has 0 bridgehead atoms. The lowest BCUT2D eigenvalue weighted by atomic mass is 10.4. The van der Waals surface area contributed by atoms with E-state index in [4.69, 9.17) is 9.15 Å². The van der Waals surface area contributed by atoms with Crippen molar-refractivity contribution in [3.05, 3.63) is 23.7 Å². The van der Waals surface area contributed by atoms with E-state index in [2.05, 4.69) is 15.4 Å². The lowest BCUT2D eigenvalue weighted by molar-refractivity contribution is 0.0568. The molecule has 1 fully saturated rings. The highest BCUT2D eigenvalue weighted by Crippen LogP contribution is 2.21. The van der Waals surface area contributed by atoms with Gasteiger partial charge in [-0.2, -0.15) is 26.5 Å². The van der Waals surface area contributed by atoms with E-state index in [1.807, 2.05) is 4.72 Å². The molecule has 11 nitrogen and oxygen atoms in total. The van der Waals surface area contributed by atoms with E-state index < -0.39 is 22.7 Å². The van der Waals surface area contributed by atoms with E-state index in [0.29, 0.717) is 23.3 Å². The fourth-order valence-corrected chi connectivity index (χ4v) is 3.59. The molecular formula is C14H18F2N6O5S. The van der Waals surface area contributed by atoms with Crippen LogP contribution in [0.2, 0.25) is 0 Å². The summed E-state index contributed by atoms with van der Waals surface area (Å²) in [7, 11) is -4.06. The van der Waals surface area contributed by atoms with Gasteiger partial charge in [0.15, 0.2) is 11.5 Å². The zero-order chi connectivity index (χ0) is 20.3. The molecule has 0 radical (unpaired) electrons. The van der Waals surface area contributed by atoms with Crippen molar-refractivity contribution in [1.82, 2.24) is 23.8 Å². The molecular weight excluding hydrogens is 402 g/mol. The zero-order valence-electron chi connectivity index (χ0n) is 14.8. The minimum Gasteiger partial charge on any atom is -0.431 e. The molecule has 0 atom stereocenters. The lowest BCUT2D eigenvalue weighted by Gasteiger charge is -2.18. The molecule has 2 N–H and O–H groups in total. The second kappa shape index (κ2) is 8.20. The van der Waals surface area contributed by atoms with Crippen molar-refractivity contribution < 1.29 is 31.1 Å². The summed E-state index contributed by atoms with van der Waals surface area (Å²) in [6.07, 6.45) is 2.58. The lowest BCUT2D eigenvalue weighted by Crippen LogP contribution is -2.44. The molecule has 28 heavy (non-hydrogen) atoms. The summed E-state index contributed by atoms with van der Waals surface area (Å²) in [6.45, 7) is -0.241. The molecule has 1 amide bonds. The summed E-state index contributed by atoms with van der Waals surface area (Å²) in [6, 6.07) is -0.201. The SMILES string of the molecule is Cc1cn(C(F)F)nc1Nc1nc(C(=O)NS(=O)(=O)N2CCCOCC2)co1. The fourth-order valence-electron chi connectivity index (χ4n) is 2.44. The smallest absolute Gasteiger partial charge is 0.333 e. The maximum Gasteiger partial charge on any atom is 0.333 e. The zero-order valence-corrected chi connectivity index (χ0v) is 15.6. The summed E-state index contributed by atoms with van der Waals surface area (Å²) in [4.78, 5) is 16.0. The summed E-state index contributed by atoms with van der Waals surface area (Å²) in [5.41, 5.74) is 0.0959. The van der Waals surface area contributed by atoms with Crippen LogP contribution >= 0.6 is 0 Å². The molecule has 3 rings (SSSR count). The Kier molecular flexibility index (Phi) is 5.90. The average Bonchev–Trinajstić information content (AvgIpc) is 3.12. The van der Waals surface area contributed by atoms with Gasteiger partial charge in [0, 0.05) is 31.5 Å². The molecule has 3 heterocycles. The fraction of sp³-hybridized carbons (Fsp3) is 0.500. The van der Waals surface area contributed by atoms with Gasteiger partial charge in [-0.25, -0.2) is 9.40 Å². The number of anilines is 2. The first-order chi connectivity index (χ1) is 13.3. The van der Waals surface area contributed by atoms with Crippen LogP contribution < -0.4 is 10.0 Å². The van der Waals surface area contributed by atoms with Crippen molar-refractivity contribution in [2.24, 2.45) is 0 Å². The molecule has 14 heteroatoms. The number of hydrogen-bond acceptors (Lipinski definition) is 8. The number of alkyl halides is 2. The van der Waals surface area contributed by atoms with Crippen LogP contribution in [0, 0.1) is 6.92 Å². The monoisotopic (exact) mass is 420 g/mol. The first kappa shape index (κ1) is 20.2. The standard InChI is InChI=1S/C14H18F2N6O5S/c1-9-7-22(13(15)16)19-11(9)18-14-17-10(8-27-14)12(23)20-28(24,25)21-3-2-5-26-6-4-21/h7-8,13H,2-6H2,1H3,(H,20,23)(H,17,18,19). The Balaban J connectivity index is 1.67. The summed E-state index contributed by atoms with van der Waals surface area (Å²) >= 11 is 0. The van der Waals surface area contributed by atoms with Crippen LogP contribution in [0.4, 0.5) is 20.6 Å². The molecule has 0 unspecified atom stereocenters. The van der Waals surface area contributed by atoms with Crippen LogP contribution in [0.3, 0.4) is 0 Å². The Labute approximate surface area is 158 Å². The van der Waals surface area contributed by atoms with Crippen LogP contribution in [-0.2, 0) is 14.9 Å². The summed E-state index contributed by atoms with van der Waals surface area (Å²) < 4.78 is 63.6. The molecule has 154 valence electrons. The van der Waals surface area contributed by atoms with Crippen molar-refractivity contribution >= 4 is 27.9 Å². The largest absolute Gasteiger partial charge is 0.431 e. The summed E-state index contributed by atoms with van der Waals surface area (Å²) in [5.74, 6) is -0.928. The number of amides is 1. The van der Waals surface area contributed by atoms with Crippen LogP contribution in [0.1, 0.15) is 29.0 Å². The minimum atomic E-state index is -4.06. The number of rotatable bonds is 6. The Morgan fingerprint density at radius 3 is 2.82 bits per heavy atom. The van der Waals surface area contributed by atoms with Gasteiger partial charge >= 0.3 is 22.8 Å². The van der Waals surface area contributed by atoms with E-state index in [1.165, 1.54) is 0 Å². The van der Waals surface area contributed by atoms with Crippen molar-refractivity contribution in [2.75, 3.05) is 31.6 Å². The second-order valence-electron chi connectivity index (χ2n) is 5.88. The number of carbonyl (C=O) groups is 1. The van der Waals surface area contributed by atoms with E-state index in [1.54, 1.807) is 6.92 Å². The maximum absolute atomic E-state index is 12.7. The topological polar surface area (TPSA) is 132 Å². The Morgan fingerprint density at radius 1 is 1.32 bits per heavy atom. The molecule has 0 saturated carbocycles. The van der Waals surface area contributed by atoms with Gasteiger partial charge in [-0.3, -0.25) is 10.1 Å². The number of aromatic nitrogens is 3. The highest BCUT2D eigenvalue weighted by Gasteiger charge is 2.27. The van der Waals surface area contributed by atoms with E-state index in [9.17, 15) is 22.0 Å². The van der Waals surface area contributed by atoms with Crippen LogP contribution in [-0.4, -0.2) is 59.7 Å². The molecule has 0 spiro atoms. The van der Waals surface area contributed by atoms with Gasteiger partial charge in [0.25, 0.3) is 5.91 Å². The third-order valence-corrected chi connectivity index (χ3v) is 5.31. The third-order valence-electron chi connectivity index (χ3n) is 3.82. The minimum absolute atomic E-state index is 0.0614. The van der Waals surface area contributed by atoms with Crippen molar-refractivity contribution in [3.8, 4) is 0 Å². The van der Waals surface area contributed by atoms with Crippen molar-refractivity contribution in [2.45, 2.75) is 19.9 Å². The van der Waals surface area contributed by atoms with Gasteiger partial charge in [-0.05, 0) is 13.3 Å². The number of halogens is 2. The van der Waals surface area contributed by atoms with Crippen molar-refractivity contribution in [3.63, 3.8) is 0 Å². The highest BCUT2D eigenvalue weighted by atomic mass is 32.2. The first-order valence-electron chi connectivity index (χ1n) is 8.22. The second-order valence-corrected chi connectivity index (χ2v) is 7.55. The average molecular weight is 420 g/mol. The van der Waals surface area contributed by atoms with Crippen LogP contribution in [0.25, 0.3) is 0 Å². The molecule has 1 saturated heterocycles. The van der Waals surface area contributed by atoms with Gasteiger partial charge in [-0.1, -0.05) is 0 Å². The molecule has 0 aromatic carbocycles. The summed E-state index contributed by atoms with van der Waals surface area (Å²) in [5, 5.41) is 6.19. The number of nitrogens with one attached hydrogen (secondary N) is 2. The van der Waals surface area contributed by atoms with Gasteiger partial charge < -0.3 is 9.15 Å². The number of ether oxygens (including phenoxy) is 1. The van der Waals surface area contributed by atoms with Gasteiger partial charge in [0.2, 0.25) is 0 Å². The van der Waals surface area contributed by atoms with E-state index >= 15 is 0 Å². The number of aryl methyl sites for hydroxylation is 1. The molecule has 2 aromatic heterocycles. The maximum atomic E-state index is 12.7. The quantitative estimate of drug-likeness (QED) is 0.708. The van der Waals surface area contributed by atoms with E-state index in [0.717, 1.165) is 16.8 Å². The number of nitrogens with zero attached hydrogens (tertiary/aromatic N) is 4. The van der Waals surface area contributed by atoms with Gasteiger partial charge in [0.1, 0.15) is 6.26 Å². The normalized spacial score (nSPS) is 16.1. The van der Waals surface area contributed by atoms with Crippen LogP contribution in [0.5, 0.6) is 0 Å². The molecule has 1 aliphatic rings. The number of carbonyl (C=O) groups excluding carboxylic acids is 1.